The Balaban J connectivity index is 2.49. The highest BCUT2D eigenvalue weighted by molar-refractivity contribution is 5.95. The maximum Gasteiger partial charge on any atom is 0.338 e. The van der Waals surface area contributed by atoms with E-state index in [1.54, 1.807) is 6.07 Å². The van der Waals surface area contributed by atoms with Gasteiger partial charge in [0.15, 0.2) is 0 Å². The van der Waals surface area contributed by atoms with Crippen LogP contribution in [0.5, 0.6) is 0 Å². The molecule has 1 aromatic carbocycles. The molecule has 0 aliphatic carbocycles. The molecule has 1 saturated heterocycles. The molecule has 108 valence electrons. The van der Waals surface area contributed by atoms with E-state index in [0.29, 0.717) is 5.69 Å². The second kappa shape index (κ2) is 5.48. The molecule has 0 spiro atoms. The van der Waals surface area contributed by atoms with Crippen LogP contribution in [0.4, 0.5) is 11.4 Å². The van der Waals surface area contributed by atoms with Gasteiger partial charge in [0.2, 0.25) is 0 Å². The molecule has 2 unspecified atom stereocenters. The van der Waals surface area contributed by atoms with Crippen molar-refractivity contribution in [1.29, 1.82) is 0 Å². The number of hydrogen-bond acceptors (Lipinski definition) is 4. The summed E-state index contributed by atoms with van der Waals surface area (Å²) in [5, 5.41) is 20.1. The van der Waals surface area contributed by atoms with Gasteiger partial charge < -0.3 is 10.0 Å². The van der Waals surface area contributed by atoms with Gasteiger partial charge in [-0.05, 0) is 39.2 Å². The molecule has 1 aliphatic heterocycles. The molecular weight excluding hydrogens is 260 g/mol. The molecule has 0 bridgehead atoms. The number of nitrogens with zero attached hydrogens (tertiary/aromatic N) is 2. The van der Waals surface area contributed by atoms with Crippen molar-refractivity contribution in [2.75, 3.05) is 4.90 Å². The van der Waals surface area contributed by atoms with Crippen LogP contribution >= 0.6 is 0 Å². The Morgan fingerprint density at radius 1 is 1.35 bits per heavy atom. The van der Waals surface area contributed by atoms with Crippen molar-refractivity contribution >= 4 is 17.3 Å². The summed E-state index contributed by atoms with van der Waals surface area (Å²) >= 11 is 0. The van der Waals surface area contributed by atoms with Crippen molar-refractivity contribution in [2.24, 2.45) is 0 Å². The Bertz CT molecular complexity index is 534. The van der Waals surface area contributed by atoms with Crippen LogP contribution in [0.2, 0.25) is 0 Å². The summed E-state index contributed by atoms with van der Waals surface area (Å²) < 4.78 is 0. The number of rotatable bonds is 3. The average molecular weight is 278 g/mol. The van der Waals surface area contributed by atoms with E-state index < -0.39 is 10.9 Å². The van der Waals surface area contributed by atoms with Gasteiger partial charge in [-0.15, -0.1) is 0 Å². The lowest BCUT2D eigenvalue weighted by Crippen LogP contribution is -2.44. The molecule has 1 fully saturated rings. The molecule has 1 aliphatic rings. The minimum atomic E-state index is -1.13. The number of carboxylic acid groups (broad SMARTS) is 1. The fourth-order valence-corrected chi connectivity index (χ4v) is 2.93. The first kappa shape index (κ1) is 14.3. The lowest BCUT2D eigenvalue weighted by Gasteiger charge is -2.41. The minimum Gasteiger partial charge on any atom is -0.478 e. The number of piperidine rings is 1. The van der Waals surface area contributed by atoms with Gasteiger partial charge in [-0.1, -0.05) is 0 Å². The quantitative estimate of drug-likeness (QED) is 0.678. The van der Waals surface area contributed by atoms with Gasteiger partial charge in [-0.25, -0.2) is 4.79 Å². The van der Waals surface area contributed by atoms with E-state index in [-0.39, 0.29) is 23.3 Å². The Morgan fingerprint density at radius 3 is 2.45 bits per heavy atom. The van der Waals surface area contributed by atoms with Crippen LogP contribution in [0.1, 0.15) is 43.5 Å². The number of carbonyl (C=O) groups is 1. The second-order valence-electron chi connectivity index (χ2n) is 5.30. The predicted octanol–water partition coefficient (Wildman–Crippen LogP) is 3.06. The number of aromatic carboxylic acids is 1. The average Bonchev–Trinajstić information content (AvgIpc) is 2.38. The number of hydrogen-bond donors (Lipinski definition) is 1. The second-order valence-corrected chi connectivity index (χ2v) is 5.30. The van der Waals surface area contributed by atoms with E-state index in [9.17, 15) is 20.0 Å². The molecule has 6 heteroatoms. The Hall–Kier alpha value is -2.11. The monoisotopic (exact) mass is 278 g/mol. The van der Waals surface area contributed by atoms with Crippen LogP contribution in [0.15, 0.2) is 18.2 Å². The topological polar surface area (TPSA) is 83.7 Å². The SMILES string of the molecule is CC1CCCC(C)N1c1ccc([N+](=O)[O-])cc1C(=O)O. The molecular formula is C14H18N2O4. The van der Waals surface area contributed by atoms with E-state index in [1.807, 2.05) is 0 Å². The summed E-state index contributed by atoms with van der Waals surface area (Å²) in [7, 11) is 0. The number of nitro benzene ring substituents is 1. The Morgan fingerprint density at radius 2 is 1.95 bits per heavy atom. The summed E-state index contributed by atoms with van der Waals surface area (Å²) in [6.07, 6.45) is 3.12. The largest absolute Gasteiger partial charge is 0.478 e. The molecule has 2 rings (SSSR count). The molecule has 0 amide bonds. The number of benzene rings is 1. The van der Waals surface area contributed by atoms with E-state index in [1.165, 1.54) is 6.07 Å². The molecule has 1 N–H and O–H groups in total. The summed E-state index contributed by atoms with van der Waals surface area (Å²) in [4.78, 5) is 23.7. The molecule has 2 atom stereocenters. The van der Waals surface area contributed by atoms with Gasteiger partial charge in [0.05, 0.1) is 16.2 Å². The number of non-ortho nitro benzene ring substituents is 1. The third-order valence-corrected chi connectivity index (χ3v) is 3.89. The van der Waals surface area contributed by atoms with Gasteiger partial charge in [0.1, 0.15) is 0 Å². The van der Waals surface area contributed by atoms with Crippen molar-refractivity contribution in [2.45, 2.75) is 45.2 Å². The predicted molar refractivity (Wildman–Crippen MR) is 75.3 cm³/mol. The summed E-state index contributed by atoms with van der Waals surface area (Å²) in [5.41, 5.74) is 0.381. The number of nitro groups is 1. The van der Waals surface area contributed by atoms with E-state index >= 15 is 0 Å². The first-order valence-corrected chi connectivity index (χ1v) is 6.72. The molecule has 1 heterocycles. The third kappa shape index (κ3) is 2.59. The lowest BCUT2D eigenvalue weighted by molar-refractivity contribution is -0.384. The van der Waals surface area contributed by atoms with Crippen LogP contribution in [-0.4, -0.2) is 28.1 Å². The lowest BCUT2D eigenvalue weighted by atomic mass is 9.95. The van der Waals surface area contributed by atoms with Gasteiger partial charge in [-0.2, -0.15) is 0 Å². The fourth-order valence-electron chi connectivity index (χ4n) is 2.93. The van der Waals surface area contributed by atoms with Gasteiger partial charge in [0, 0.05) is 24.2 Å². The maximum absolute atomic E-state index is 11.4. The van der Waals surface area contributed by atoms with Gasteiger partial charge in [0.25, 0.3) is 5.69 Å². The highest BCUT2D eigenvalue weighted by atomic mass is 16.6. The van der Waals surface area contributed by atoms with Crippen LogP contribution in [-0.2, 0) is 0 Å². The van der Waals surface area contributed by atoms with Crippen molar-refractivity contribution in [3.05, 3.63) is 33.9 Å². The molecule has 1 aromatic rings. The zero-order valence-electron chi connectivity index (χ0n) is 11.6. The summed E-state index contributed by atoms with van der Waals surface area (Å²) in [5.74, 6) is -1.13. The van der Waals surface area contributed by atoms with Crippen molar-refractivity contribution in [1.82, 2.24) is 0 Å². The zero-order valence-corrected chi connectivity index (χ0v) is 11.6. The first-order valence-electron chi connectivity index (χ1n) is 6.72. The number of carboxylic acids is 1. The first-order chi connectivity index (χ1) is 9.41. The fraction of sp³-hybridized carbons (Fsp3) is 0.500. The van der Waals surface area contributed by atoms with E-state index in [4.69, 9.17) is 0 Å². The van der Waals surface area contributed by atoms with E-state index in [2.05, 4.69) is 18.7 Å². The normalized spacial score (nSPS) is 22.6. The Labute approximate surface area is 117 Å². The highest BCUT2D eigenvalue weighted by Gasteiger charge is 2.29. The molecule has 6 nitrogen and oxygen atoms in total. The molecule has 0 radical (unpaired) electrons. The molecule has 0 aromatic heterocycles. The van der Waals surface area contributed by atoms with Gasteiger partial charge >= 0.3 is 5.97 Å². The maximum atomic E-state index is 11.4. The van der Waals surface area contributed by atoms with Crippen LogP contribution in [0.25, 0.3) is 0 Å². The van der Waals surface area contributed by atoms with Crippen LogP contribution in [0, 0.1) is 10.1 Å². The van der Waals surface area contributed by atoms with E-state index in [0.717, 1.165) is 25.3 Å². The van der Waals surface area contributed by atoms with Crippen LogP contribution < -0.4 is 4.90 Å². The minimum absolute atomic E-state index is 0.000185. The third-order valence-electron chi connectivity index (χ3n) is 3.89. The van der Waals surface area contributed by atoms with Crippen LogP contribution in [0.3, 0.4) is 0 Å². The van der Waals surface area contributed by atoms with Gasteiger partial charge in [-0.3, -0.25) is 10.1 Å². The number of anilines is 1. The zero-order chi connectivity index (χ0) is 14.9. The smallest absolute Gasteiger partial charge is 0.338 e. The van der Waals surface area contributed by atoms with Crippen molar-refractivity contribution in [3.63, 3.8) is 0 Å². The Kier molecular flexibility index (Phi) is 3.92. The molecule has 20 heavy (non-hydrogen) atoms. The summed E-state index contributed by atoms with van der Waals surface area (Å²) in [6.45, 7) is 4.12. The summed E-state index contributed by atoms with van der Waals surface area (Å²) in [6, 6.07) is 4.54. The van der Waals surface area contributed by atoms with Crippen molar-refractivity contribution in [3.8, 4) is 0 Å². The molecule has 0 saturated carbocycles. The highest BCUT2D eigenvalue weighted by Crippen LogP contribution is 2.33. The van der Waals surface area contributed by atoms with Crippen molar-refractivity contribution < 1.29 is 14.8 Å². The standard InChI is InChI=1S/C14H18N2O4/c1-9-4-3-5-10(2)15(9)13-7-6-11(16(19)20)8-12(13)14(17)18/h6-10H,3-5H2,1-2H3,(H,17,18).